The number of nitrogens with one attached hydrogen (secondary N) is 1. The normalized spacial score (nSPS) is 22.8. The highest BCUT2D eigenvalue weighted by Crippen LogP contribution is 2.28. The molecule has 16 nitrogen and oxygen atoms in total. The largest absolute Gasteiger partial charge is 0.379 e. The molecule has 0 spiro atoms. The molecule has 11 saturated heterocycles. The SMILES string of the molecule is CC(C)C1CCN(C)CC1.CC(C)CN1CC(F)C1.CC(C)CN1CCC(F)(F)CC1.CC(C)CN1CCC(F)CC1.CC(C)CN1CCCC1.CC(C)CN1CCOCC1.CC(C)N1CCCC1.CC(C)N1CCN(C)CC1.CC(C)NC1CCN(C)CC1.CC(C)OC1CCN(C)CC1.CC(C)OCCN1CCCC1. The molecule has 0 amide bonds. The molecule has 0 aromatic rings. The average molecular weight is 1610 g/mol. The van der Waals surface area contributed by atoms with Gasteiger partial charge in [-0.05, 0) is 280 Å². The monoisotopic (exact) mass is 1600 g/mol. The van der Waals surface area contributed by atoms with Gasteiger partial charge >= 0.3 is 0 Å². The van der Waals surface area contributed by atoms with Crippen molar-refractivity contribution in [2.75, 3.05) is 244 Å². The zero-order valence-corrected chi connectivity index (χ0v) is 79.0. The number of morpholine rings is 1. The predicted octanol–water partition coefficient (Wildman–Crippen LogP) is 16.7. The molecule has 11 aliphatic rings. The van der Waals surface area contributed by atoms with Crippen molar-refractivity contribution in [1.29, 1.82) is 0 Å². The first-order valence-electron chi connectivity index (χ1n) is 46.6. The molecule has 11 rings (SSSR count). The summed E-state index contributed by atoms with van der Waals surface area (Å²) in [6, 6.07) is 2.92. The van der Waals surface area contributed by atoms with Crippen LogP contribution in [0, 0.1) is 41.4 Å². The summed E-state index contributed by atoms with van der Waals surface area (Å²) in [5.74, 6) is 3.11. The lowest BCUT2D eigenvalue weighted by Gasteiger charge is -2.35. The smallest absolute Gasteiger partial charge is 0.250 e. The van der Waals surface area contributed by atoms with Crippen molar-refractivity contribution >= 4 is 0 Å². The number of hydrogen-bond acceptors (Lipinski definition) is 16. The summed E-state index contributed by atoms with van der Waals surface area (Å²) in [7, 11) is 8.78. The van der Waals surface area contributed by atoms with E-state index < -0.39 is 18.3 Å². The van der Waals surface area contributed by atoms with Crippen LogP contribution in [-0.4, -0.2) is 364 Å². The number of rotatable bonds is 21. The van der Waals surface area contributed by atoms with Gasteiger partial charge in [-0.15, -0.1) is 0 Å². The summed E-state index contributed by atoms with van der Waals surface area (Å²) in [4.78, 5) is 28.8. The minimum absolute atomic E-state index is 0.0414. The van der Waals surface area contributed by atoms with Crippen LogP contribution in [0.4, 0.5) is 17.6 Å². The zero-order chi connectivity index (χ0) is 84.1. The van der Waals surface area contributed by atoms with Crippen molar-refractivity contribution in [3.8, 4) is 0 Å². The van der Waals surface area contributed by atoms with Crippen LogP contribution in [0.3, 0.4) is 0 Å². The molecule has 0 atom stereocenters. The molecule has 0 aromatic carbocycles. The molecule has 1 N–H and O–H groups in total. The minimum Gasteiger partial charge on any atom is -0.379 e. The molecule has 20 heteroatoms. The van der Waals surface area contributed by atoms with Crippen molar-refractivity contribution in [2.45, 2.75) is 316 Å². The Morgan fingerprint density at radius 1 is 0.366 bits per heavy atom. The van der Waals surface area contributed by atoms with E-state index in [9.17, 15) is 17.6 Å². The third kappa shape index (κ3) is 61.4. The lowest BCUT2D eigenvalue weighted by molar-refractivity contribution is -0.0567. The van der Waals surface area contributed by atoms with Crippen molar-refractivity contribution in [3.05, 3.63) is 0 Å². The number of alkyl halides is 4. The van der Waals surface area contributed by atoms with Gasteiger partial charge in [0.25, 0.3) is 5.92 Å². The summed E-state index contributed by atoms with van der Waals surface area (Å²) in [5, 5.41) is 3.58. The Kier molecular flexibility index (Phi) is 63.2. The van der Waals surface area contributed by atoms with Crippen LogP contribution in [0.1, 0.15) is 255 Å². The maximum atomic E-state index is 12.7. The number of hydrogen-bond donors (Lipinski definition) is 1. The van der Waals surface area contributed by atoms with E-state index in [1.165, 1.54) is 195 Å². The second-order valence-corrected chi connectivity index (χ2v) is 39.0. The van der Waals surface area contributed by atoms with Gasteiger partial charge in [-0.3, -0.25) is 14.7 Å². The van der Waals surface area contributed by atoms with Crippen LogP contribution in [0.5, 0.6) is 0 Å². The Hall–Kier alpha value is -0.920. The van der Waals surface area contributed by atoms with E-state index in [-0.39, 0.29) is 12.8 Å². The van der Waals surface area contributed by atoms with Gasteiger partial charge in [0.15, 0.2) is 0 Å². The molecule has 112 heavy (non-hydrogen) atoms. The predicted molar refractivity (Wildman–Crippen MR) is 477 cm³/mol. The second kappa shape index (κ2) is 64.9. The van der Waals surface area contributed by atoms with Crippen LogP contribution >= 0.6 is 0 Å². The van der Waals surface area contributed by atoms with Crippen LogP contribution in [-0.2, 0) is 14.2 Å². The number of halogens is 4. The van der Waals surface area contributed by atoms with E-state index in [1.807, 2.05) is 0 Å². The summed E-state index contributed by atoms with van der Waals surface area (Å²) in [5.41, 5.74) is 0. The Labute approximate surface area is 694 Å². The highest BCUT2D eigenvalue weighted by atomic mass is 19.3. The maximum Gasteiger partial charge on any atom is 0.250 e. The number of ether oxygens (including phenoxy) is 3. The first-order valence-corrected chi connectivity index (χ1v) is 46.6. The lowest BCUT2D eigenvalue weighted by atomic mass is 9.87. The molecule has 0 saturated carbocycles. The van der Waals surface area contributed by atoms with Crippen molar-refractivity contribution in [1.82, 2.24) is 64.1 Å². The quantitative estimate of drug-likeness (QED) is 0.111. The van der Waals surface area contributed by atoms with E-state index in [0.29, 0.717) is 68.3 Å². The van der Waals surface area contributed by atoms with Crippen LogP contribution in [0.15, 0.2) is 0 Å². The Balaban J connectivity index is 0.000000617. The Bertz CT molecular complexity index is 1950. The molecule has 0 radical (unpaired) electrons. The van der Waals surface area contributed by atoms with E-state index in [1.54, 1.807) is 0 Å². The van der Waals surface area contributed by atoms with Gasteiger partial charge in [0.05, 0.1) is 38.1 Å². The van der Waals surface area contributed by atoms with Crippen molar-refractivity contribution in [2.24, 2.45) is 41.4 Å². The van der Waals surface area contributed by atoms with Gasteiger partial charge in [0.1, 0.15) is 12.3 Å². The van der Waals surface area contributed by atoms with Crippen molar-refractivity contribution < 1.29 is 31.8 Å². The molecular formula is C92H193F4N13O3. The Morgan fingerprint density at radius 2 is 0.723 bits per heavy atom. The number of piperidine rings is 5. The second-order valence-electron chi connectivity index (χ2n) is 39.0. The number of likely N-dealkylation sites (tertiary alicyclic amines) is 9. The molecule has 672 valence electrons. The highest BCUT2D eigenvalue weighted by molar-refractivity contribution is 4.82. The van der Waals surface area contributed by atoms with Crippen LogP contribution in [0.25, 0.3) is 0 Å². The summed E-state index contributed by atoms with van der Waals surface area (Å²) < 4.78 is 66.6. The first kappa shape index (κ1) is 109. The standard InChI is InChI=1S/C9H17F2N.C9H18FN.C9H20N2.2C9H19NO.C9H19N.C8H18N2.C8H17NO.C8H17N.C7H14FN.C7H15N/c1-8(2)7-12-5-3-9(10,11)4-6-12;1-8(2)7-11-5-3-9(10)4-6-11;1-8(2)10-9-4-6-11(3)7-5-9;1-8(2)11-9-4-6-10(3)7-5-9;1-9(2)11-8-7-10-5-3-4-6-10;1-8(2)9-4-6-10(3)7-5-9;1-8(2)10-6-4-9(3)5-7-10;1-8(2)7-9-3-5-10-6-4-9;1-8(2)7-9-5-3-4-6-9;1-6(2)3-9-4-7(8)5-9;1-7(2)8-5-3-4-6-8/h8H,3-7H2,1-2H3;8-9H,3-7H2,1-2H3;8-10H,4-7H2,1-3H3;8-9H,4-7H2,1-3H3;9H,3-8H2,1-2H3;8-9H,4-7H2,1-3H3;8H,4-7H2,1-3H3;8H,3-7H2,1-2H3;8H,3-7H2,1-2H3;6-7H,3-5H2,1-2H3;7H,3-6H2,1-2H3. The summed E-state index contributed by atoms with van der Waals surface area (Å²) in [6.07, 6.45) is 18.1. The fourth-order valence-electron chi connectivity index (χ4n) is 16.0. The highest BCUT2D eigenvalue weighted by Gasteiger charge is 2.34. The average Bonchev–Trinajstić information content (AvgIpc) is 1.35. The first-order chi connectivity index (χ1) is 52.8. The van der Waals surface area contributed by atoms with E-state index >= 15 is 0 Å². The number of piperazine rings is 1. The summed E-state index contributed by atoms with van der Waals surface area (Å²) >= 11 is 0. The van der Waals surface area contributed by atoms with E-state index in [2.05, 4.69) is 245 Å². The molecule has 0 aliphatic carbocycles. The molecule has 11 fully saturated rings. The molecule has 0 bridgehead atoms. The van der Waals surface area contributed by atoms with Gasteiger partial charge in [0.2, 0.25) is 0 Å². The van der Waals surface area contributed by atoms with Gasteiger partial charge in [-0.25, -0.2) is 17.6 Å². The fourth-order valence-corrected chi connectivity index (χ4v) is 16.0. The number of nitrogens with zero attached hydrogens (tertiary/aromatic N) is 12. The maximum absolute atomic E-state index is 12.7. The molecule has 0 aromatic heterocycles. The Morgan fingerprint density at radius 3 is 1.10 bits per heavy atom. The van der Waals surface area contributed by atoms with Crippen molar-refractivity contribution in [3.63, 3.8) is 0 Å². The molecule has 11 heterocycles. The van der Waals surface area contributed by atoms with Crippen LogP contribution < -0.4 is 5.32 Å². The zero-order valence-electron chi connectivity index (χ0n) is 79.0. The number of likely N-dealkylation sites (N-methyl/N-ethyl adjacent to an activating group) is 1. The van der Waals surface area contributed by atoms with E-state index in [4.69, 9.17) is 14.2 Å². The van der Waals surface area contributed by atoms with Gasteiger partial charge in [-0.2, -0.15) is 0 Å². The topological polar surface area (TPSA) is 78.6 Å². The summed E-state index contributed by atoms with van der Waals surface area (Å²) in [6.45, 7) is 85.2. The third-order valence-electron chi connectivity index (χ3n) is 22.8. The third-order valence-corrected chi connectivity index (χ3v) is 22.8. The van der Waals surface area contributed by atoms with Gasteiger partial charge in [-0.1, -0.05) is 96.9 Å². The lowest BCUT2D eigenvalue weighted by Crippen LogP contribution is -2.49. The van der Waals surface area contributed by atoms with Gasteiger partial charge in [0, 0.05) is 168 Å². The van der Waals surface area contributed by atoms with Crippen LogP contribution in [0.2, 0.25) is 0 Å². The van der Waals surface area contributed by atoms with E-state index in [0.717, 1.165) is 127 Å². The molecule has 11 aliphatic heterocycles. The van der Waals surface area contributed by atoms with Gasteiger partial charge < -0.3 is 63.6 Å². The minimum atomic E-state index is -2.40. The molecule has 0 unspecified atom stereocenters. The molecular weight excluding hydrogens is 1410 g/mol. The fraction of sp³-hybridized carbons (Fsp3) is 1.00.